The molecule has 8 nitrogen and oxygen atoms in total. The van der Waals surface area contributed by atoms with Crippen LogP contribution in [0.3, 0.4) is 0 Å². The highest BCUT2D eigenvalue weighted by Crippen LogP contribution is 2.42. The predicted molar refractivity (Wildman–Crippen MR) is 63.5 cm³/mol. The number of alkyl halides is 1. The summed E-state index contributed by atoms with van der Waals surface area (Å²) in [5.41, 5.74) is -1.79. The van der Waals surface area contributed by atoms with E-state index >= 15 is 0 Å². The molecule has 1 aromatic rings. The summed E-state index contributed by atoms with van der Waals surface area (Å²) in [4.78, 5) is 25.0. The molecule has 1 aromatic heterocycles. The van der Waals surface area contributed by atoms with Crippen molar-refractivity contribution in [2.45, 2.75) is 44.2 Å². The lowest BCUT2D eigenvalue weighted by atomic mass is 10.1. The van der Waals surface area contributed by atoms with Crippen molar-refractivity contribution in [2.75, 3.05) is 0 Å². The molecule has 1 aliphatic heterocycles. The normalized spacial score (nSPS) is 37.3. The van der Waals surface area contributed by atoms with Gasteiger partial charge in [-0.05, 0) is 13.3 Å². The number of aryl methyl sites for hydroxylation is 1. The Kier molecular flexibility index (Phi) is 3.33. The zero-order chi connectivity index (χ0) is 15.3. The van der Waals surface area contributed by atoms with Crippen LogP contribution in [0.15, 0.2) is 15.8 Å². The Bertz CT molecular complexity index is 639. The van der Waals surface area contributed by atoms with Crippen molar-refractivity contribution in [1.82, 2.24) is 9.55 Å². The molecular weight excluding hydrogens is 275 g/mol. The number of aromatic amines is 1. The molecule has 1 saturated heterocycles. The van der Waals surface area contributed by atoms with E-state index in [9.17, 15) is 29.3 Å². The lowest BCUT2D eigenvalue weighted by molar-refractivity contribution is -0.363. The zero-order valence-electron chi connectivity index (χ0n) is 10.8. The maximum absolute atomic E-state index is 14.2. The zero-order valence-corrected chi connectivity index (χ0v) is 10.8. The van der Waals surface area contributed by atoms with Crippen molar-refractivity contribution >= 4 is 0 Å². The van der Waals surface area contributed by atoms with Gasteiger partial charge in [-0.1, -0.05) is 6.92 Å². The first-order valence-corrected chi connectivity index (χ1v) is 6.00. The van der Waals surface area contributed by atoms with Crippen LogP contribution in [0.1, 0.15) is 19.4 Å². The van der Waals surface area contributed by atoms with E-state index in [4.69, 9.17) is 4.74 Å². The van der Waals surface area contributed by atoms with Crippen molar-refractivity contribution in [3.63, 3.8) is 0 Å². The minimum absolute atomic E-state index is 0.0754. The Morgan fingerprint density at radius 2 is 2.10 bits per heavy atom. The molecule has 1 aliphatic rings. The predicted octanol–water partition coefficient (Wildman–Crippen LogP) is -1.86. The van der Waals surface area contributed by atoms with Gasteiger partial charge in [0.25, 0.3) is 5.56 Å². The van der Waals surface area contributed by atoms with E-state index < -0.39 is 35.2 Å². The van der Waals surface area contributed by atoms with Crippen LogP contribution in [-0.2, 0) is 17.1 Å². The summed E-state index contributed by atoms with van der Waals surface area (Å²) < 4.78 is 19.3. The molecule has 2 rings (SSSR count). The Labute approximate surface area is 112 Å². The molecule has 0 aromatic carbocycles. The summed E-state index contributed by atoms with van der Waals surface area (Å²) in [5.74, 6) is -6.74. The summed E-state index contributed by atoms with van der Waals surface area (Å²) >= 11 is 0. The van der Waals surface area contributed by atoms with Crippen molar-refractivity contribution in [3.05, 3.63) is 32.6 Å². The fourth-order valence-corrected chi connectivity index (χ4v) is 2.12. The first-order chi connectivity index (χ1) is 9.15. The number of H-pyrrole nitrogens is 1. The molecule has 112 valence electrons. The van der Waals surface area contributed by atoms with Crippen LogP contribution < -0.4 is 11.2 Å². The Hall–Kier alpha value is -1.55. The average Bonchev–Trinajstić information content (AvgIpc) is 2.51. The Morgan fingerprint density at radius 1 is 1.50 bits per heavy atom. The van der Waals surface area contributed by atoms with Gasteiger partial charge in [0.05, 0.1) is 6.10 Å². The third-order valence-corrected chi connectivity index (χ3v) is 3.37. The molecular formula is C11H15FN2O6. The van der Waals surface area contributed by atoms with Crippen LogP contribution in [-0.4, -0.2) is 42.9 Å². The second kappa shape index (κ2) is 4.48. The fourth-order valence-electron chi connectivity index (χ4n) is 2.12. The molecule has 2 heterocycles. The molecule has 4 N–H and O–H groups in total. The van der Waals surface area contributed by atoms with Gasteiger partial charge in [0.2, 0.25) is 0 Å². The van der Waals surface area contributed by atoms with Crippen LogP contribution in [0.2, 0.25) is 0 Å². The van der Waals surface area contributed by atoms with Gasteiger partial charge in [-0.3, -0.25) is 9.78 Å². The molecule has 4 atom stereocenters. The molecule has 0 aliphatic carbocycles. The number of aliphatic hydroxyl groups excluding tert-OH is 1. The minimum Gasteiger partial charge on any atom is -0.384 e. The monoisotopic (exact) mass is 290 g/mol. The van der Waals surface area contributed by atoms with Gasteiger partial charge >= 0.3 is 17.5 Å². The van der Waals surface area contributed by atoms with Crippen LogP contribution in [0.25, 0.3) is 0 Å². The van der Waals surface area contributed by atoms with E-state index in [1.54, 1.807) is 6.92 Å². The van der Waals surface area contributed by atoms with Gasteiger partial charge in [0.15, 0.2) is 0 Å². The maximum atomic E-state index is 14.2. The molecule has 0 amide bonds. The van der Waals surface area contributed by atoms with E-state index in [2.05, 4.69) is 0 Å². The SMILES string of the molecule is CCc1cn([C@]2(O)O[C@H](C)[C@@H](O)[C@]2(O)F)c(=O)[nH]c1=O. The minimum atomic E-state index is -3.61. The van der Waals surface area contributed by atoms with Gasteiger partial charge in [-0.15, -0.1) is 0 Å². The fraction of sp³-hybridized carbons (Fsp3) is 0.636. The number of aliphatic hydroxyl groups is 3. The van der Waals surface area contributed by atoms with Crippen LogP contribution in [0.4, 0.5) is 4.39 Å². The smallest absolute Gasteiger partial charge is 0.332 e. The van der Waals surface area contributed by atoms with Crippen molar-refractivity contribution in [3.8, 4) is 0 Å². The number of ether oxygens (including phenoxy) is 1. The quantitative estimate of drug-likeness (QED) is 0.506. The van der Waals surface area contributed by atoms with Gasteiger partial charge < -0.3 is 20.1 Å². The van der Waals surface area contributed by atoms with Crippen LogP contribution in [0.5, 0.6) is 0 Å². The highest BCUT2D eigenvalue weighted by molar-refractivity contribution is 5.08. The van der Waals surface area contributed by atoms with Gasteiger partial charge in [0.1, 0.15) is 6.10 Å². The van der Waals surface area contributed by atoms with E-state index in [-0.39, 0.29) is 12.0 Å². The number of halogens is 1. The summed E-state index contributed by atoms with van der Waals surface area (Å²) in [5, 5.41) is 29.3. The van der Waals surface area contributed by atoms with Crippen molar-refractivity contribution in [1.29, 1.82) is 0 Å². The number of hydrogen-bond acceptors (Lipinski definition) is 6. The molecule has 9 heteroatoms. The molecule has 0 unspecified atom stereocenters. The molecule has 0 bridgehead atoms. The molecule has 20 heavy (non-hydrogen) atoms. The summed E-state index contributed by atoms with van der Waals surface area (Å²) in [6.45, 7) is 2.82. The second-order valence-corrected chi connectivity index (χ2v) is 4.69. The van der Waals surface area contributed by atoms with Gasteiger partial charge in [0, 0.05) is 11.8 Å². The topological polar surface area (TPSA) is 125 Å². The van der Waals surface area contributed by atoms with E-state index in [1.165, 1.54) is 6.92 Å². The highest BCUT2D eigenvalue weighted by atomic mass is 19.2. The van der Waals surface area contributed by atoms with Gasteiger partial charge in [-0.2, -0.15) is 0 Å². The molecule has 0 spiro atoms. The van der Waals surface area contributed by atoms with Crippen molar-refractivity contribution < 1.29 is 24.4 Å². The third-order valence-electron chi connectivity index (χ3n) is 3.37. The largest absolute Gasteiger partial charge is 0.384 e. The lowest BCUT2D eigenvalue weighted by Gasteiger charge is -2.31. The number of aromatic nitrogens is 2. The van der Waals surface area contributed by atoms with Crippen LogP contribution in [0, 0.1) is 0 Å². The molecule has 0 radical (unpaired) electrons. The first-order valence-electron chi connectivity index (χ1n) is 6.00. The van der Waals surface area contributed by atoms with Crippen molar-refractivity contribution in [2.24, 2.45) is 0 Å². The van der Waals surface area contributed by atoms with E-state index in [0.29, 0.717) is 4.57 Å². The van der Waals surface area contributed by atoms with E-state index in [1.807, 2.05) is 4.98 Å². The molecule has 0 saturated carbocycles. The Morgan fingerprint density at radius 3 is 2.55 bits per heavy atom. The number of rotatable bonds is 2. The summed E-state index contributed by atoms with van der Waals surface area (Å²) in [6.07, 6.45) is -2.24. The van der Waals surface area contributed by atoms with Gasteiger partial charge in [-0.25, -0.2) is 13.8 Å². The molecule has 1 fully saturated rings. The standard InChI is InChI=1S/C11H15FN2O6/c1-3-6-4-14(9(17)13-8(6)16)11(19)10(12,18)7(15)5(2)20-11/h4-5,7,15,18-19H,3H2,1-2H3,(H,13,16,17)/t5-,7-,10-,11-/m1/s1. The first kappa shape index (κ1) is 14.9. The third kappa shape index (κ3) is 1.82. The van der Waals surface area contributed by atoms with E-state index in [0.717, 1.165) is 6.20 Å². The maximum Gasteiger partial charge on any atom is 0.332 e. The average molecular weight is 290 g/mol. The summed E-state index contributed by atoms with van der Waals surface area (Å²) in [6, 6.07) is 0. The number of nitrogens with zero attached hydrogens (tertiary/aromatic N) is 1. The number of hydrogen-bond donors (Lipinski definition) is 4. The summed E-state index contributed by atoms with van der Waals surface area (Å²) in [7, 11) is 0. The van der Waals surface area contributed by atoms with Crippen LogP contribution >= 0.6 is 0 Å². The second-order valence-electron chi connectivity index (χ2n) is 4.69. The lowest BCUT2D eigenvalue weighted by Crippen LogP contribution is -2.58. The number of nitrogens with one attached hydrogen (secondary N) is 1. The Balaban J connectivity index is 2.67. The highest BCUT2D eigenvalue weighted by Gasteiger charge is 2.67.